The molecule has 1 unspecified atom stereocenters. The van der Waals surface area contributed by atoms with Gasteiger partial charge in [-0.15, -0.1) is 0 Å². The minimum atomic E-state index is 0.564. The van der Waals surface area contributed by atoms with Crippen LogP contribution in [-0.2, 0) is 0 Å². The monoisotopic (exact) mass is 194 g/mol. The maximum absolute atomic E-state index is 4.22. The molecule has 0 saturated carbocycles. The summed E-state index contributed by atoms with van der Waals surface area (Å²) in [6.07, 6.45) is 7.18. The maximum Gasteiger partial charge on any atom is 0.137 e. The molecule has 0 aliphatic carbocycles. The van der Waals surface area contributed by atoms with Crippen LogP contribution in [0.25, 0.3) is 0 Å². The number of aromatic nitrogens is 3. The first kappa shape index (κ1) is 9.65. The molecule has 0 amide bonds. The summed E-state index contributed by atoms with van der Waals surface area (Å²) in [7, 11) is 0. The summed E-state index contributed by atoms with van der Waals surface area (Å²) >= 11 is 0. The van der Waals surface area contributed by atoms with Crippen LogP contribution in [0.5, 0.6) is 0 Å². The van der Waals surface area contributed by atoms with Crippen molar-refractivity contribution in [1.82, 2.24) is 19.7 Å². The quantitative estimate of drug-likeness (QED) is 0.712. The molecule has 1 aliphatic rings. The molecule has 1 fully saturated rings. The molecule has 78 valence electrons. The number of nitrogens with zero attached hydrogens (tertiary/aromatic N) is 4. The molecule has 1 aromatic heterocycles. The van der Waals surface area contributed by atoms with Gasteiger partial charge in [0.1, 0.15) is 12.7 Å². The van der Waals surface area contributed by atoms with Crippen molar-refractivity contribution in [3.05, 3.63) is 12.7 Å². The highest BCUT2D eigenvalue weighted by Crippen LogP contribution is 2.20. The van der Waals surface area contributed by atoms with E-state index in [0.29, 0.717) is 6.04 Å². The van der Waals surface area contributed by atoms with E-state index in [1.54, 1.807) is 6.33 Å². The Morgan fingerprint density at radius 1 is 1.36 bits per heavy atom. The molecule has 0 spiro atoms. The molecule has 1 atom stereocenters. The highest BCUT2D eigenvalue weighted by Gasteiger charge is 2.17. The van der Waals surface area contributed by atoms with E-state index in [0.717, 1.165) is 0 Å². The predicted octanol–water partition coefficient (Wildman–Crippen LogP) is 1.33. The van der Waals surface area contributed by atoms with Crippen molar-refractivity contribution >= 4 is 0 Å². The molecule has 4 nitrogen and oxygen atoms in total. The molecule has 2 rings (SSSR count). The number of likely N-dealkylation sites (tertiary alicyclic amines) is 1. The smallest absolute Gasteiger partial charge is 0.137 e. The zero-order valence-electron chi connectivity index (χ0n) is 8.76. The summed E-state index contributed by atoms with van der Waals surface area (Å²) in [5.41, 5.74) is 0. The topological polar surface area (TPSA) is 34.0 Å². The summed E-state index contributed by atoms with van der Waals surface area (Å²) in [6, 6.07) is 0.564. The fourth-order valence-electron chi connectivity index (χ4n) is 2.12. The van der Waals surface area contributed by atoms with Gasteiger partial charge in [0.2, 0.25) is 0 Å². The van der Waals surface area contributed by atoms with E-state index >= 15 is 0 Å². The van der Waals surface area contributed by atoms with Gasteiger partial charge in [-0.2, -0.15) is 5.10 Å². The van der Waals surface area contributed by atoms with Crippen molar-refractivity contribution in [2.75, 3.05) is 19.6 Å². The Hall–Kier alpha value is -0.900. The molecule has 1 saturated heterocycles. The molecule has 0 N–H and O–H groups in total. The second-order valence-corrected chi connectivity index (χ2v) is 3.89. The molecular weight excluding hydrogens is 176 g/mol. The van der Waals surface area contributed by atoms with E-state index in [4.69, 9.17) is 0 Å². The lowest BCUT2D eigenvalue weighted by molar-refractivity contribution is 0.293. The molecule has 14 heavy (non-hydrogen) atoms. The molecule has 4 heteroatoms. The Labute approximate surface area is 84.9 Å². The Morgan fingerprint density at radius 2 is 2.29 bits per heavy atom. The first-order valence-corrected chi connectivity index (χ1v) is 5.46. The second kappa shape index (κ2) is 4.55. The lowest BCUT2D eigenvalue weighted by Crippen LogP contribution is -2.24. The number of hydrogen-bond donors (Lipinski definition) is 0. The van der Waals surface area contributed by atoms with E-state index in [2.05, 4.69) is 21.9 Å². The molecule has 0 aromatic carbocycles. The van der Waals surface area contributed by atoms with Gasteiger partial charge in [0.15, 0.2) is 0 Å². The van der Waals surface area contributed by atoms with Crippen LogP contribution in [0.15, 0.2) is 12.7 Å². The number of hydrogen-bond acceptors (Lipinski definition) is 3. The van der Waals surface area contributed by atoms with Gasteiger partial charge in [-0.3, -0.25) is 0 Å². The third-order valence-corrected chi connectivity index (χ3v) is 3.05. The normalized spacial score (nSPS) is 24.8. The minimum absolute atomic E-state index is 0.564. The molecule has 0 radical (unpaired) electrons. The Morgan fingerprint density at radius 3 is 3.00 bits per heavy atom. The van der Waals surface area contributed by atoms with Crippen LogP contribution in [-0.4, -0.2) is 39.3 Å². The third-order valence-electron chi connectivity index (χ3n) is 3.05. The fraction of sp³-hybridized carbons (Fsp3) is 0.800. The summed E-state index contributed by atoms with van der Waals surface area (Å²) in [5.74, 6) is 0. The summed E-state index contributed by atoms with van der Waals surface area (Å²) in [5, 5.41) is 4.22. The van der Waals surface area contributed by atoms with Gasteiger partial charge in [0.25, 0.3) is 0 Å². The SMILES string of the molecule is CCN1CCCC(n2cncn2)CC1. The van der Waals surface area contributed by atoms with Crippen molar-refractivity contribution in [3.63, 3.8) is 0 Å². The first-order valence-electron chi connectivity index (χ1n) is 5.46. The van der Waals surface area contributed by atoms with Gasteiger partial charge >= 0.3 is 0 Å². The lowest BCUT2D eigenvalue weighted by Gasteiger charge is -2.17. The summed E-state index contributed by atoms with van der Waals surface area (Å²) in [6.45, 7) is 5.84. The highest BCUT2D eigenvalue weighted by molar-refractivity contribution is 4.74. The van der Waals surface area contributed by atoms with Gasteiger partial charge in [-0.05, 0) is 32.4 Å². The second-order valence-electron chi connectivity index (χ2n) is 3.89. The summed E-state index contributed by atoms with van der Waals surface area (Å²) < 4.78 is 2.01. The Kier molecular flexibility index (Phi) is 3.14. The van der Waals surface area contributed by atoms with Gasteiger partial charge < -0.3 is 4.90 Å². The zero-order chi connectivity index (χ0) is 9.80. The van der Waals surface area contributed by atoms with Crippen LogP contribution >= 0.6 is 0 Å². The van der Waals surface area contributed by atoms with Gasteiger partial charge in [0.05, 0.1) is 6.04 Å². The van der Waals surface area contributed by atoms with Crippen LogP contribution in [0.3, 0.4) is 0 Å². The van der Waals surface area contributed by atoms with E-state index in [9.17, 15) is 0 Å². The van der Waals surface area contributed by atoms with Gasteiger partial charge in [0, 0.05) is 6.54 Å². The van der Waals surface area contributed by atoms with Crippen molar-refractivity contribution in [1.29, 1.82) is 0 Å². The van der Waals surface area contributed by atoms with E-state index in [-0.39, 0.29) is 0 Å². The standard InChI is InChI=1S/C10H18N4/c1-2-13-6-3-4-10(5-7-13)14-9-11-8-12-14/h8-10H,2-7H2,1H3. The lowest BCUT2D eigenvalue weighted by atomic mass is 10.1. The van der Waals surface area contributed by atoms with E-state index in [1.165, 1.54) is 38.9 Å². The molecule has 1 aliphatic heterocycles. The number of rotatable bonds is 2. The Balaban J connectivity index is 1.96. The predicted molar refractivity (Wildman–Crippen MR) is 55.0 cm³/mol. The highest BCUT2D eigenvalue weighted by atomic mass is 15.3. The van der Waals surface area contributed by atoms with Crippen LogP contribution < -0.4 is 0 Å². The van der Waals surface area contributed by atoms with Gasteiger partial charge in [-0.1, -0.05) is 6.92 Å². The van der Waals surface area contributed by atoms with Crippen molar-refractivity contribution < 1.29 is 0 Å². The minimum Gasteiger partial charge on any atom is -0.304 e. The van der Waals surface area contributed by atoms with Crippen molar-refractivity contribution in [2.24, 2.45) is 0 Å². The average molecular weight is 194 g/mol. The van der Waals surface area contributed by atoms with Crippen molar-refractivity contribution in [3.8, 4) is 0 Å². The van der Waals surface area contributed by atoms with Crippen LogP contribution in [0.4, 0.5) is 0 Å². The van der Waals surface area contributed by atoms with E-state index < -0.39 is 0 Å². The largest absolute Gasteiger partial charge is 0.304 e. The summed E-state index contributed by atoms with van der Waals surface area (Å²) in [4.78, 5) is 6.52. The van der Waals surface area contributed by atoms with Crippen LogP contribution in [0.1, 0.15) is 32.2 Å². The van der Waals surface area contributed by atoms with Crippen LogP contribution in [0, 0.1) is 0 Å². The molecule has 2 heterocycles. The first-order chi connectivity index (χ1) is 6.90. The average Bonchev–Trinajstić information content (AvgIpc) is 2.63. The maximum atomic E-state index is 4.22. The van der Waals surface area contributed by atoms with Crippen LogP contribution in [0.2, 0.25) is 0 Å². The molecule has 1 aromatic rings. The Bertz CT molecular complexity index is 257. The third kappa shape index (κ3) is 2.12. The zero-order valence-corrected chi connectivity index (χ0v) is 8.76. The molecule has 0 bridgehead atoms. The molecular formula is C10H18N4. The van der Waals surface area contributed by atoms with Crippen molar-refractivity contribution in [2.45, 2.75) is 32.2 Å². The fourth-order valence-corrected chi connectivity index (χ4v) is 2.12. The van der Waals surface area contributed by atoms with Gasteiger partial charge in [-0.25, -0.2) is 9.67 Å². The van der Waals surface area contributed by atoms with E-state index in [1.807, 2.05) is 11.0 Å².